The highest BCUT2D eigenvalue weighted by molar-refractivity contribution is 6.01. The predicted octanol–water partition coefficient (Wildman–Crippen LogP) is 4.96. The van der Waals surface area contributed by atoms with E-state index < -0.39 is 0 Å². The molecular weight excluding hydrogens is 482 g/mol. The number of ether oxygens (including phenoxy) is 2. The molecule has 3 aromatic rings. The molecule has 1 saturated heterocycles. The lowest BCUT2D eigenvalue weighted by Gasteiger charge is -2.34. The standard InChI is InChI=1S/C28H35N7O3/c1-6-38-25-13-23-22(12-24(25)34-28(36)33-20-7-9-35(10-8-20)17(2)3)26(19(14-29)15-30-23)32-21-11-18(4)27(37-5)31-16-21/h11-13,15-17,20H,6-10H2,1-5H3,(H,30,32)(H2,33,34,36). The number of nitrogens with zero attached hydrogens (tertiary/aromatic N) is 4. The molecule has 200 valence electrons. The van der Waals surface area contributed by atoms with Gasteiger partial charge in [-0.1, -0.05) is 0 Å². The molecule has 3 N–H and O–H groups in total. The van der Waals surface area contributed by atoms with Crippen LogP contribution in [0.3, 0.4) is 0 Å². The van der Waals surface area contributed by atoms with Crippen LogP contribution in [-0.2, 0) is 0 Å². The number of nitriles is 1. The van der Waals surface area contributed by atoms with Gasteiger partial charge in [0, 0.05) is 48.4 Å². The van der Waals surface area contributed by atoms with Crippen LogP contribution in [0, 0.1) is 18.3 Å². The van der Waals surface area contributed by atoms with Crippen molar-refractivity contribution >= 4 is 34.0 Å². The highest BCUT2D eigenvalue weighted by atomic mass is 16.5. The van der Waals surface area contributed by atoms with Crippen LogP contribution in [0.25, 0.3) is 10.9 Å². The van der Waals surface area contributed by atoms with Gasteiger partial charge in [0.2, 0.25) is 5.88 Å². The highest BCUT2D eigenvalue weighted by Crippen LogP contribution is 2.36. The van der Waals surface area contributed by atoms with Crippen molar-refractivity contribution in [3.63, 3.8) is 0 Å². The number of anilines is 3. The van der Waals surface area contributed by atoms with Gasteiger partial charge in [-0.25, -0.2) is 9.78 Å². The molecule has 4 rings (SSSR count). The van der Waals surface area contributed by atoms with Crippen molar-refractivity contribution in [2.75, 3.05) is 37.4 Å². The summed E-state index contributed by atoms with van der Waals surface area (Å²) in [6.45, 7) is 10.5. The number of carbonyl (C=O) groups is 1. The van der Waals surface area contributed by atoms with E-state index in [1.165, 1.54) is 6.20 Å². The van der Waals surface area contributed by atoms with Crippen LogP contribution in [0.15, 0.2) is 30.6 Å². The molecule has 1 aliphatic heterocycles. The molecule has 0 saturated carbocycles. The minimum Gasteiger partial charge on any atom is -0.492 e. The van der Waals surface area contributed by atoms with Gasteiger partial charge < -0.3 is 30.3 Å². The van der Waals surface area contributed by atoms with Crippen LogP contribution >= 0.6 is 0 Å². The van der Waals surface area contributed by atoms with Crippen molar-refractivity contribution in [3.05, 3.63) is 41.7 Å². The van der Waals surface area contributed by atoms with E-state index in [-0.39, 0.29) is 12.1 Å². The lowest BCUT2D eigenvalue weighted by molar-refractivity contribution is 0.163. The summed E-state index contributed by atoms with van der Waals surface area (Å²) in [4.78, 5) is 24.2. The molecule has 38 heavy (non-hydrogen) atoms. The number of benzene rings is 1. The maximum atomic E-state index is 13.0. The van der Waals surface area contributed by atoms with Crippen molar-refractivity contribution in [1.82, 2.24) is 20.2 Å². The minimum absolute atomic E-state index is 0.107. The fraction of sp³-hybridized carbons (Fsp3) is 0.429. The quantitative estimate of drug-likeness (QED) is 0.383. The first-order valence-corrected chi connectivity index (χ1v) is 12.9. The number of rotatable bonds is 8. The molecule has 10 heteroatoms. The van der Waals surface area contributed by atoms with Crippen LogP contribution in [-0.4, -0.2) is 59.8 Å². The third kappa shape index (κ3) is 6.06. The molecule has 2 amide bonds. The highest BCUT2D eigenvalue weighted by Gasteiger charge is 2.23. The zero-order valence-electron chi connectivity index (χ0n) is 22.6. The van der Waals surface area contributed by atoms with Gasteiger partial charge in [0.1, 0.15) is 11.8 Å². The Morgan fingerprint density at radius 3 is 2.61 bits per heavy atom. The first kappa shape index (κ1) is 26.9. The van der Waals surface area contributed by atoms with Gasteiger partial charge in [-0.05, 0) is 52.7 Å². The molecule has 0 spiro atoms. The number of piperidine rings is 1. The van der Waals surface area contributed by atoms with Gasteiger partial charge in [-0.15, -0.1) is 0 Å². The molecule has 2 aromatic heterocycles. The monoisotopic (exact) mass is 517 g/mol. The number of aromatic nitrogens is 2. The number of hydrogen-bond donors (Lipinski definition) is 3. The summed E-state index contributed by atoms with van der Waals surface area (Å²) in [5.74, 6) is 1.04. The number of hydrogen-bond acceptors (Lipinski definition) is 8. The summed E-state index contributed by atoms with van der Waals surface area (Å²) in [7, 11) is 1.57. The number of urea groups is 1. The van der Waals surface area contributed by atoms with E-state index in [9.17, 15) is 10.1 Å². The number of fused-ring (bicyclic) bond motifs is 1. The smallest absolute Gasteiger partial charge is 0.319 e. The molecule has 0 bridgehead atoms. The number of carbonyl (C=O) groups excluding carboxylic acids is 1. The molecular formula is C28H35N7O3. The minimum atomic E-state index is -0.290. The number of amides is 2. The third-order valence-electron chi connectivity index (χ3n) is 6.73. The first-order valence-electron chi connectivity index (χ1n) is 12.9. The molecule has 0 atom stereocenters. The second kappa shape index (κ2) is 12.0. The largest absolute Gasteiger partial charge is 0.492 e. The summed E-state index contributed by atoms with van der Waals surface area (Å²) in [6.07, 6.45) is 4.97. The molecule has 1 aromatic carbocycles. The van der Waals surface area contributed by atoms with E-state index in [1.54, 1.807) is 25.4 Å². The van der Waals surface area contributed by atoms with E-state index in [2.05, 4.69) is 50.7 Å². The van der Waals surface area contributed by atoms with Crippen LogP contribution in [0.5, 0.6) is 11.6 Å². The third-order valence-corrected chi connectivity index (χ3v) is 6.73. The van der Waals surface area contributed by atoms with Gasteiger partial charge in [-0.2, -0.15) is 5.26 Å². The number of likely N-dealkylation sites (tertiary alicyclic amines) is 1. The van der Waals surface area contributed by atoms with E-state index in [4.69, 9.17) is 9.47 Å². The van der Waals surface area contributed by atoms with Gasteiger partial charge >= 0.3 is 6.03 Å². The topological polar surface area (TPSA) is 124 Å². The lowest BCUT2D eigenvalue weighted by Crippen LogP contribution is -2.47. The zero-order chi connectivity index (χ0) is 27.2. The van der Waals surface area contributed by atoms with Crippen molar-refractivity contribution in [2.45, 2.75) is 52.6 Å². The molecule has 10 nitrogen and oxygen atoms in total. The molecule has 1 fully saturated rings. The average molecular weight is 518 g/mol. The van der Waals surface area contributed by atoms with Gasteiger partial charge in [0.25, 0.3) is 0 Å². The Hall–Kier alpha value is -4.10. The summed E-state index contributed by atoms with van der Waals surface area (Å²) in [6, 6.07) is 7.99. The van der Waals surface area contributed by atoms with E-state index in [1.807, 2.05) is 19.9 Å². The van der Waals surface area contributed by atoms with E-state index in [0.717, 1.165) is 31.5 Å². The van der Waals surface area contributed by atoms with Crippen molar-refractivity contribution in [3.8, 4) is 17.7 Å². The van der Waals surface area contributed by atoms with Gasteiger partial charge in [-0.3, -0.25) is 4.98 Å². The number of pyridine rings is 2. The molecule has 0 unspecified atom stereocenters. The number of methoxy groups -OCH3 is 1. The molecule has 0 aliphatic carbocycles. The predicted molar refractivity (Wildman–Crippen MR) is 148 cm³/mol. The Kier molecular flexibility index (Phi) is 8.48. The summed E-state index contributed by atoms with van der Waals surface area (Å²) in [5.41, 5.74) is 3.60. The number of aryl methyl sites for hydroxylation is 1. The van der Waals surface area contributed by atoms with Crippen LogP contribution in [0.1, 0.15) is 44.7 Å². The number of nitrogens with one attached hydrogen (secondary N) is 3. The summed E-state index contributed by atoms with van der Waals surface area (Å²) in [5, 5.41) is 19.9. The van der Waals surface area contributed by atoms with Crippen molar-refractivity contribution < 1.29 is 14.3 Å². The lowest BCUT2D eigenvalue weighted by atomic mass is 10.0. The fourth-order valence-electron chi connectivity index (χ4n) is 4.70. The maximum Gasteiger partial charge on any atom is 0.319 e. The Bertz CT molecular complexity index is 1340. The summed E-state index contributed by atoms with van der Waals surface area (Å²) >= 11 is 0. The average Bonchev–Trinajstić information content (AvgIpc) is 2.90. The van der Waals surface area contributed by atoms with Crippen molar-refractivity contribution in [1.29, 1.82) is 5.26 Å². The normalized spacial score (nSPS) is 14.2. The molecule has 3 heterocycles. The molecule has 1 aliphatic rings. The Labute approximate surface area is 223 Å². The summed E-state index contributed by atoms with van der Waals surface area (Å²) < 4.78 is 11.1. The Balaban J connectivity index is 1.63. The first-order chi connectivity index (χ1) is 18.3. The zero-order valence-corrected chi connectivity index (χ0v) is 22.6. The molecule has 0 radical (unpaired) electrons. The van der Waals surface area contributed by atoms with Crippen LogP contribution < -0.4 is 25.4 Å². The van der Waals surface area contributed by atoms with Gasteiger partial charge in [0.15, 0.2) is 0 Å². The second-order valence-corrected chi connectivity index (χ2v) is 9.63. The Morgan fingerprint density at radius 1 is 1.21 bits per heavy atom. The van der Waals surface area contributed by atoms with Crippen LogP contribution in [0.4, 0.5) is 21.9 Å². The second-order valence-electron chi connectivity index (χ2n) is 9.63. The maximum absolute atomic E-state index is 13.0. The Morgan fingerprint density at radius 2 is 1.97 bits per heavy atom. The fourth-order valence-corrected chi connectivity index (χ4v) is 4.70. The van der Waals surface area contributed by atoms with Gasteiger partial charge in [0.05, 0.1) is 48.1 Å². The van der Waals surface area contributed by atoms with Crippen LogP contribution in [0.2, 0.25) is 0 Å². The SMILES string of the molecule is CCOc1cc2ncc(C#N)c(Nc3cnc(OC)c(C)c3)c2cc1NC(=O)NC1CCN(C(C)C)CC1. The van der Waals surface area contributed by atoms with E-state index in [0.29, 0.717) is 57.8 Å². The van der Waals surface area contributed by atoms with E-state index >= 15 is 0 Å². The van der Waals surface area contributed by atoms with Crippen molar-refractivity contribution in [2.24, 2.45) is 0 Å².